The summed E-state index contributed by atoms with van der Waals surface area (Å²) in [4.78, 5) is 25.4. The van der Waals surface area contributed by atoms with Crippen molar-refractivity contribution in [3.05, 3.63) is 89.0 Å². The second kappa shape index (κ2) is 6.37. The Balaban J connectivity index is 1.79. The fourth-order valence-electron chi connectivity index (χ4n) is 2.73. The summed E-state index contributed by atoms with van der Waals surface area (Å²) in [5.41, 5.74) is 2.51. The molecule has 1 heterocycles. The van der Waals surface area contributed by atoms with Crippen LogP contribution in [0.3, 0.4) is 0 Å². The number of hydrogen-bond acceptors (Lipinski definition) is 5. The summed E-state index contributed by atoms with van der Waals surface area (Å²) in [5, 5.41) is 0. The maximum atomic E-state index is 13.0. The number of ether oxygens (including phenoxy) is 1. The second-order valence-corrected chi connectivity index (χ2v) is 5.84. The molecule has 5 heteroatoms. The van der Waals surface area contributed by atoms with E-state index in [0.29, 0.717) is 22.3 Å². The standard InChI is InChI=1S/C21H14O5/c1-13-12-16(24-21(23)15-10-6-3-7-11-15)17(20-19(13)25-26-20)18(22)14-8-4-2-5-9-14/h2-12H,1H3. The number of esters is 1. The first-order chi connectivity index (χ1) is 12.6. The van der Waals surface area contributed by atoms with Crippen molar-refractivity contribution in [1.82, 2.24) is 0 Å². The summed E-state index contributed by atoms with van der Waals surface area (Å²) < 4.78 is 15.6. The van der Waals surface area contributed by atoms with Crippen LogP contribution >= 0.6 is 0 Å². The Morgan fingerprint density at radius 2 is 1.38 bits per heavy atom. The Labute approximate surface area is 148 Å². The predicted octanol–water partition coefficient (Wildman–Crippen LogP) is 4.78. The van der Waals surface area contributed by atoms with Crippen LogP contribution < -0.4 is 4.74 Å². The molecule has 128 valence electrons. The first kappa shape index (κ1) is 15.9. The molecule has 0 radical (unpaired) electrons. The van der Waals surface area contributed by atoms with Crippen molar-refractivity contribution < 1.29 is 23.5 Å². The molecule has 0 aliphatic heterocycles. The summed E-state index contributed by atoms with van der Waals surface area (Å²) in [6.07, 6.45) is 0. The average molecular weight is 346 g/mol. The van der Waals surface area contributed by atoms with E-state index in [1.807, 2.05) is 12.1 Å². The molecule has 0 saturated heterocycles. The van der Waals surface area contributed by atoms with Gasteiger partial charge in [-0.15, -0.1) is 0 Å². The van der Waals surface area contributed by atoms with Gasteiger partial charge in [-0.2, -0.15) is 0 Å². The van der Waals surface area contributed by atoms with Crippen molar-refractivity contribution >= 4 is 22.9 Å². The van der Waals surface area contributed by atoms with Crippen molar-refractivity contribution in [2.24, 2.45) is 0 Å². The van der Waals surface area contributed by atoms with E-state index in [2.05, 4.69) is 0 Å². The molecule has 0 fully saturated rings. The molecule has 1 aromatic heterocycles. The van der Waals surface area contributed by atoms with Crippen molar-refractivity contribution in [3.8, 4) is 5.75 Å². The number of benzene rings is 3. The van der Waals surface area contributed by atoms with Crippen molar-refractivity contribution in [2.75, 3.05) is 0 Å². The Kier molecular flexibility index (Phi) is 3.89. The van der Waals surface area contributed by atoms with Crippen LogP contribution in [0.25, 0.3) is 11.2 Å². The van der Waals surface area contributed by atoms with Crippen LogP contribution in [0.15, 0.2) is 75.9 Å². The van der Waals surface area contributed by atoms with Gasteiger partial charge in [0, 0.05) is 11.1 Å². The molecule has 4 rings (SSSR count). The first-order valence-electron chi connectivity index (χ1n) is 8.04. The van der Waals surface area contributed by atoms with Crippen LogP contribution in [0.4, 0.5) is 0 Å². The highest BCUT2D eigenvalue weighted by Gasteiger charge is 2.27. The van der Waals surface area contributed by atoms with Gasteiger partial charge in [0.2, 0.25) is 16.9 Å². The normalized spacial score (nSPS) is 10.8. The molecule has 0 atom stereocenters. The zero-order chi connectivity index (χ0) is 18.1. The number of ketones is 1. The molecule has 4 aromatic rings. The van der Waals surface area contributed by atoms with Gasteiger partial charge >= 0.3 is 5.97 Å². The molecule has 0 bridgehead atoms. The molecule has 0 unspecified atom stereocenters. The van der Waals surface area contributed by atoms with Gasteiger partial charge in [0.25, 0.3) is 0 Å². The number of fused-ring (bicyclic) bond motifs is 1. The van der Waals surface area contributed by atoms with E-state index in [4.69, 9.17) is 13.9 Å². The van der Waals surface area contributed by atoms with E-state index in [1.165, 1.54) is 0 Å². The fraction of sp³-hybridized carbons (Fsp3) is 0.0476. The van der Waals surface area contributed by atoms with Crippen molar-refractivity contribution in [2.45, 2.75) is 6.92 Å². The number of hydrogen-bond donors (Lipinski definition) is 0. The Hall–Kier alpha value is -3.60. The van der Waals surface area contributed by atoms with Gasteiger partial charge in [-0.3, -0.25) is 13.9 Å². The van der Waals surface area contributed by atoms with Crippen LogP contribution in [-0.2, 0) is 0 Å². The highest BCUT2D eigenvalue weighted by Crippen LogP contribution is 2.35. The number of carbonyl (C=O) groups is 2. The van der Waals surface area contributed by atoms with Crippen LogP contribution in [-0.4, -0.2) is 11.8 Å². The van der Waals surface area contributed by atoms with E-state index in [0.717, 1.165) is 0 Å². The third-order valence-electron chi connectivity index (χ3n) is 4.07. The van der Waals surface area contributed by atoms with Crippen molar-refractivity contribution in [1.29, 1.82) is 0 Å². The van der Waals surface area contributed by atoms with E-state index < -0.39 is 5.97 Å². The molecular weight excluding hydrogens is 332 g/mol. The summed E-state index contributed by atoms with van der Waals surface area (Å²) in [6, 6.07) is 18.9. The minimum Gasteiger partial charge on any atom is -0.422 e. The van der Waals surface area contributed by atoms with Gasteiger partial charge in [0.15, 0.2) is 0 Å². The summed E-state index contributed by atoms with van der Waals surface area (Å²) in [5.74, 6) is -0.708. The van der Waals surface area contributed by atoms with Gasteiger partial charge in [-0.25, -0.2) is 4.79 Å². The number of aryl methyl sites for hydroxylation is 1. The van der Waals surface area contributed by atoms with Crippen LogP contribution in [0.5, 0.6) is 5.75 Å². The van der Waals surface area contributed by atoms with Crippen LogP contribution in [0.1, 0.15) is 31.8 Å². The van der Waals surface area contributed by atoms with Crippen molar-refractivity contribution in [3.63, 3.8) is 0 Å². The summed E-state index contributed by atoms with van der Waals surface area (Å²) >= 11 is 0. The molecule has 5 nitrogen and oxygen atoms in total. The maximum absolute atomic E-state index is 13.0. The molecule has 26 heavy (non-hydrogen) atoms. The SMILES string of the molecule is Cc1cc(OC(=O)c2ccccc2)c(C(=O)c2ccccc2)c2ooc12. The lowest BCUT2D eigenvalue weighted by Gasteiger charge is -2.13. The second-order valence-electron chi connectivity index (χ2n) is 5.84. The predicted molar refractivity (Wildman–Crippen MR) is 94.5 cm³/mol. The molecule has 0 saturated carbocycles. The average Bonchev–Trinajstić information content (AvgIpc) is 2.64. The Bertz CT molecular complexity index is 1090. The Morgan fingerprint density at radius 1 is 0.808 bits per heavy atom. The molecule has 0 N–H and O–H groups in total. The molecule has 3 aromatic carbocycles. The maximum Gasteiger partial charge on any atom is 0.343 e. The summed E-state index contributed by atoms with van der Waals surface area (Å²) in [7, 11) is 0. The third-order valence-corrected chi connectivity index (χ3v) is 4.07. The largest absolute Gasteiger partial charge is 0.422 e. The smallest absolute Gasteiger partial charge is 0.343 e. The topological polar surface area (TPSA) is 69.7 Å². The molecule has 0 aliphatic carbocycles. The van der Waals surface area contributed by atoms with E-state index in [-0.39, 0.29) is 22.7 Å². The Morgan fingerprint density at radius 3 is 1.96 bits per heavy atom. The van der Waals surface area contributed by atoms with Gasteiger partial charge in [0.1, 0.15) is 11.3 Å². The number of carbonyl (C=O) groups excluding carboxylic acids is 2. The monoisotopic (exact) mass is 346 g/mol. The lowest BCUT2D eigenvalue weighted by atomic mass is 9.99. The van der Waals surface area contributed by atoms with Crippen LogP contribution in [0.2, 0.25) is 0 Å². The number of rotatable bonds is 4. The zero-order valence-corrected chi connectivity index (χ0v) is 13.9. The molecule has 0 spiro atoms. The van der Waals surface area contributed by atoms with E-state index in [9.17, 15) is 9.59 Å². The highest BCUT2D eigenvalue weighted by molar-refractivity contribution is 6.17. The van der Waals surface area contributed by atoms with E-state index in [1.54, 1.807) is 61.5 Å². The lowest BCUT2D eigenvalue weighted by Crippen LogP contribution is -2.13. The molecule has 0 amide bonds. The van der Waals surface area contributed by atoms with Gasteiger partial charge in [0.05, 0.1) is 5.56 Å². The van der Waals surface area contributed by atoms with Gasteiger partial charge < -0.3 is 4.74 Å². The van der Waals surface area contributed by atoms with Gasteiger partial charge in [-0.05, 0) is 25.1 Å². The first-order valence-corrected chi connectivity index (χ1v) is 8.04. The molecule has 0 aliphatic rings. The third kappa shape index (κ3) is 2.69. The van der Waals surface area contributed by atoms with Crippen LogP contribution in [0, 0.1) is 6.92 Å². The zero-order valence-electron chi connectivity index (χ0n) is 13.9. The summed E-state index contributed by atoms with van der Waals surface area (Å²) in [6.45, 7) is 1.79. The lowest BCUT2D eigenvalue weighted by molar-refractivity contribution is 0.0562. The minimum atomic E-state index is -0.549. The molecular formula is C21H14O5. The quantitative estimate of drug-likeness (QED) is 0.230. The fourth-order valence-corrected chi connectivity index (χ4v) is 2.73. The minimum absolute atomic E-state index is 0.146. The van der Waals surface area contributed by atoms with E-state index >= 15 is 0 Å². The van der Waals surface area contributed by atoms with Gasteiger partial charge in [-0.1, -0.05) is 48.5 Å². The highest BCUT2D eigenvalue weighted by atomic mass is 17.0.